The van der Waals surface area contributed by atoms with Gasteiger partial charge in [0.25, 0.3) is 0 Å². The van der Waals surface area contributed by atoms with E-state index in [-0.39, 0.29) is 18.3 Å². The first-order valence-electron chi connectivity index (χ1n) is 9.60. The molecule has 0 bridgehead atoms. The number of carbonyl (C=O) groups is 1. The number of hydrogen-bond acceptors (Lipinski definition) is 4. The van der Waals surface area contributed by atoms with Crippen LogP contribution in [0, 0.1) is 0 Å². The highest BCUT2D eigenvalue weighted by Crippen LogP contribution is 2.39. The molecule has 0 radical (unpaired) electrons. The van der Waals surface area contributed by atoms with E-state index in [1.54, 1.807) is 35.9 Å². The molecular formula is C21H23N5O3. The molecule has 1 fully saturated rings. The number of carbonyl (C=O) groups excluding carboxylic acids is 1. The monoisotopic (exact) mass is 393 g/mol. The number of benzene rings is 2. The van der Waals surface area contributed by atoms with Crippen LogP contribution in [-0.4, -0.2) is 34.0 Å². The van der Waals surface area contributed by atoms with Crippen LogP contribution in [0.15, 0.2) is 59.4 Å². The number of methoxy groups -OCH3 is 1. The molecular weight excluding hydrogens is 370 g/mol. The zero-order valence-electron chi connectivity index (χ0n) is 16.2. The summed E-state index contributed by atoms with van der Waals surface area (Å²) >= 11 is 0. The smallest absolute Gasteiger partial charge is 0.350 e. The number of ether oxygens (including phenoxy) is 1. The van der Waals surface area contributed by atoms with Gasteiger partial charge in [0.2, 0.25) is 0 Å². The Morgan fingerprint density at radius 1 is 1.17 bits per heavy atom. The van der Waals surface area contributed by atoms with E-state index in [2.05, 4.69) is 15.7 Å². The number of amides is 2. The standard InChI is InChI=1S/C21H23N5O3/c1-29-18-9-5-6-16(14-18)23-20(27)22-12-13-25-21(28)26(17-7-3-2-4-8-17)19(24-25)15-10-11-15/h2-9,14-15H,10-13H2,1H3,(H2,22,23,27). The predicted molar refractivity (Wildman–Crippen MR) is 110 cm³/mol. The van der Waals surface area contributed by atoms with Gasteiger partial charge in [-0.15, -0.1) is 0 Å². The molecule has 0 saturated heterocycles. The predicted octanol–water partition coefficient (Wildman–Crippen LogP) is 2.74. The van der Waals surface area contributed by atoms with Gasteiger partial charge >= 0.3 is 11.7 Å². The lowest BCUT2D eigenvalue weighted by molar-refractivity contribution is 0.251. The first-order chi connectivity index (χ1) is 14.2. The molecule has 2 amide bonds. The van der Waals surface area contributed by atoms with Crippen molar-refractivity contribution in [2.45, 2.75) is 25.3 Å². The van der Waals surface area contributed by atoms with E-state index in [0.29, 0.717) is 23.9 Å². The summed E-state index contributed by atoms with van der Waals surface area (Å²) in [5.74, 6) is 1.78. The Labute approximate surface area is 168 Å². The van der Waals surface area contributed by atoms with Crippen LogP contribution in [0.1, 0.15) is 24.6 Å². The third kappa shape index (κ3) is 4.31. The number of rotatable bonds is 7. The van der Waals surface area contributed by atoms with Crippen LogP contribution in [-0.2, 0) is 6.54 Å². The third-order valence-electron chi connectivity index (χ3n) is 4.76. The average Bonchev–Trinajstić information content (AvgIpc) is 3.53. The summed E-state index contributed by atoms with van der Waals surface area (Å²) < 4.78 is 8.24. The molecule has 0 aliphatic heterocycles. The summed E-state index contributed by atoms with van der Waals surface area (Å²) in [4.78, 5) is 25.0. The third-order valence-corrected chi connectivity index (χ3v) is 4.76. The van der Waals surface area contributed by atoms with Gasteiger partial charge < -0.3 is 15.4 Å². The minimum Gasteiger partial charge on any atom is -0.497 e. The fourth-order valence-electron chi connectivity index (χ4n) is 3.15. The molecule has 0 spiro atoms. The van der Waals surface area contributed by atoms with Gasteiger partial charge in [0.15, 0.2) is 0 Å². The number of urea groups is 1. The summed E-state index contributed by atoms with van der Waals surface area (Å²) in [5, 5.41) is 10.0. The molecule has 1 aromatic heterocycles. The number of para-hydroxylation sites is 1. The van der Waals surface area contributed by atoms with Crippen molar-refractivity contribution >= 4 is 11.7 Å². The van der Waals surface area contributed by atoms with E-state index in [1.165, 1.54) is 4.68 Å². The number of hydrogen-bond donors (Lipinski definition) is 2. The van der Waals surface area contributed by atoms with Gasteiger partial charge in [0.05, 0.1) is 19.3 Å². The Morgan fingerprint density at radius 2 is 1.97 bits per heavy atom. The summed E-state index contributed by atoms with van der Waals surface area (Å²) in [6.45, 7) is 0.579. The van der Waals surface area contributed by atoms with Crippen LogP contribution in [0.25, 0.3) is 5.69 Å². The minimum atomic E-state index is -0.351. The van der Waals surface area contributed by atoms with Crippen molar-refractivity contribution in [2.75, 3.05) is 19.0 Å². The Morgan fingerprint density at radius 3 is 2.69 bits per heavy atom. The summed E-state index contributed by atoms with van der Waals surface area (Å²) in [7, 11) is 1.57. The molecule has 1 aliphatic carbocycles. The van der Waals surface area contributed by atoms with Crippen LogP contribution >= 0.6 is 0 Å². The molecule has 0 unspecified atom stereocenters. The van der Waals surface area contributed by atoms with Gasteiger partial charge in [-0.25, -0.2) is 18.8 Å². The number of nitrogens with one attached hydrogen (secondary N) is 2. The Hall–Kier alpha value is -3.55. The Kier molecular flexibility index (Phi) is 5.33. The van der Waals surface area contributed by atoms with Gasteiger partial charge in [0, 0.05) is 24.2 Å². The molecule has 8 nitrogen and oxygen atoms in total. The van der Waals surface area contributed by atoms with Crippen LogP contribution < -0.4 is 21.1 Å². The van der Waals surface area contributed by atoms with Gasteiger partial charge in [-0.1, -0.05) is 24.3 Å². The first kappa shape index (κ1) is 18.8. The largest absolute Gasteiger partial charge is 0.497 e. The second kappa shape index (κ2) is 8.22. The van der Waals surface area contributed by atoms with E-state index in [9.17, 15) is 9.59 Å². The lowest BCUT2D eigenvalue weighted by atomic mass is 10.3. The fourth-order valence-corrected chi connectivity index (χ4v) is 3.15. The van der Waals surface area contributed by atoms with Gasteiger partial charge in [-0.05, 0) is 37.1 Å². The molecule has 150 valence electrons. The minimum absolute atomic E-state index is 0.187. The second-order valence-corrected chi connectivity index (χ2v) is 6.92. The molecule has 4 rings (SSSR count). The van der Waals surface area contributed by atoms with E-state index in [4.69, 9.17) is 4.74 Å². The molecule has 1 heterocycles. The van der Waals surface area contributed by atoms with Gasteiger partial charge in [-0.3, -0.25) is 0 Å². The highest BCUT2D eigenvalue weighted by atomic mass is 16.5. The molecule has 2 aromatic carbocycles. The van der Waals surface area contributed by atoms with Crippen LogP contribution in [0.4, 0.5) is 10.5 Å². The quantitative estimate of drug-likeness (QED) is 0.646. The SMILES string of the molecule is COc1cccc(NC(=O)NCCn2nc(C3CC3)n(-c3ccccc3)c2=O)c1. The number of nitrogens with zero attached hydrogens (tertiary/aromatic N) is 3. The zero-order chi connectivity index (χ0) is 20.2. The lowest BCUT2D eigenvalue weighted by Crippen LogP contribution is -2.34. The summed E-state index contributed by atoms with van der Waals surface area (Å²) in [6, 6.07) is 16.3. The van der Waals surface area contributed by atoms with Crippen molar-refractivity contribution in [3.05, 3.63) is 70.9 Å². The highest BCUT2D eigenvalue weighted by Gasteiger charge is 2.31. The zero-order valence-corrected chi connectivity index (χ0v) is 16.2. The molecule has 8 heteroatoms. The Bertz CT molecular complexity index is 1050. The molecule has 2 N–H and O–H groups in total. The van der Waals surface area contributed by atoms with Crippen molar-refractivity contribution in [1.29, 1.82) is 0 Å². The van der Waals surface area contributed by atoms with E-state index in [1.807, 2.05) is 30.3 Å². The molecule has 1 saturated carbocycles. The maximum Gasteiger partial charge on any atom is 0.350 e. The average molecular weight is 393 g/mol. The Balaban J connectivity index is 1.41. The second-order valence-electron chi connectivity index (χ2n) is 6.92. The maximum absolute atomic E-state index is 12.9. The van der Waals surface area contributed by atoms with Gasteiger partial charge in [-0.2, -0.15) is 5.10 Å². The van der Waals surface area contributed by atoms with Crippen molar-refractivity contribution in [1.82, 2.24) is 19.7 Å². The van der Waals surface area contributed by atoms with Crippen molar-refractivity contribution in [3.8, 4) is 11.4 Å². The van der Waals surface area contributed by atoms with E-state index in [0.717, 1.165) is 24.4 Å². The van der Waals surface area contributed by atoms with Gasteiger partial charge in [0.1, 0.15) is 11.6 Å². The van der Waals surface area contributed by atoms with E-state index >= 15 is 0 Å². The molecule has 1 aliphatic rings. The normalized spacial score (nSPS) is 13.1. The fraction of sp³-hybridized carbons (Fsp3) is 0.286. The van der Waals surface area contributed by atoms with Crippen LogP contribution in [0.2, 0.25) is 0 Å². The van der Waals surface area contributed by atoms with Crippen molar-refractivity contribution < 1.29 is 9.53 Å². The molecule has 29 heavy (non-hydrogen) atoms. The molecule has 0 atom stereocenters. The lowest BCUT2D eigenvalue weighted by Gasteiger charge is -2.08. The number of aromatic nitrogens is 3. The topological polar surface area (TPSA) is 90.2 Å². The molecule has 3 aromatic rings. The summed E-state index contributed by atoms with van der Waals surface area (Å²) in [6.07, 6.45) is 2.09. The van der Waals surface area contributed by atoms with Crippen LogP contribution in [0.3, 0.4) is 0 Å². The van der Waals surface area contributed by atoms with Crippen molar-refractivity contribution in [2.24, 2.45) is 0 Å². The van der Waals surface area contributed by atoms with E-state index < -0.39 is 0 Å². The maximum atomic E-state index is 12.9. The first-order valence-corrected chi connectivity index (χ1v) is 9.60. The summed E-state index contributed by atoms with van der Waals surface area (Å²) in [5.41, 5.74) is 1.26. The highest BCUT2D eigenvalue weighted by molar-refractivity contribution is 5.89. The van der Waals surface area contributed by atoms with Crippen molar-refractivity contribution in [3.63, 3.8) is 0 Å². The van der Waals surface area contributed by atoms with Crippen LogP contribution in [0.5, 0.6) is 5.75 Å². The number of anilines is 1.